The molecular formula is C13H14O. The van der Waals surface area contributed by atoms with Crippen LogP contribution in [0.25, 0.3) is 0 Å². The van der Waals surface area contributed by atoms with Crippen molar-refractivity contribution >= 4 is 6.29 Å². The van der Waals surface area contributed by atoms with E-state index in [-0.39, 0.29) is 5.41 Å². The van der Waals surface area contributed by atoms with Crippen LogP contribution in [0.3, 0.4) is 0 Å². The van der Waals surface area contributed by atoms with Crippen molar-refractivity contribution in [3.05, 3.63) is 34.9 Å². The average molecular weight is 186 g/mol. The lowest BCUT2D eigenvalue weighted by atomic mass is 9.85. The van der Waals surface area contributed by atoms with Gasteiger partial charge in [0.15, 0.2) is 6.29 Å². The Balaban J connectivity index is 3.30. The molecule has 1 heteroatoms. The lowest BCUT2D eigenvalue weighted by Gasteiger charge is -2.19. The molecular weight excluding hydrogens is 172 g/mol. The summed E-state index contributed by atoms with van der Waals surface area (Å²) in [6.45, 7) is 6.31. The molecule has 1 nitrogen and oxygen atoms in total. The van der Waals surface area contributed by atoms with E-state index in [1.54, 1.807) is 0 Å². The molecule has 0 aliphatic rings. The maximum atomic E-state index is 10.8. The van der Waals surface area contributed by atoms with E-state index in [4.69, 9.17) is 6.42 Å². The highest BCUT2D eigenvalue weighted by Crippen LogP contribution is 2.23. The van der Waals surface area contributed by atoms with Crippen LogP contribution < -0.4 is 0 Å². The van der Waals surface area contributed by atoms with Crippen molar-refractivity contribution in [2.45, 2.75) is 26.2 Å². The predicted molar refractivity (Wildman–Crippen MR) is 58.5 cm³/mol. The molecule has 1 rings (SSSR count). The van der Waals surface area contributed by atoms with Crippen molar-refractivity contribution in [1.29, 1.82) is 0 Å². The standard InChI is InChI=1S/C13H14O/c1-5-10-6-7-12(13(2,3)4)8-11(10)9-14/h1,6-9H,2-4H3. The van der Waals surface area contributed by atoms with Gasteiger partial charge in [-0.2, -0.15) is 0 Å². The van der Waals surface area contributed by atoms with Crippen LogP contribution in [0.5, 0.6) is 0 Å². The van der Waals surface area contributed by atoms with Crippen LogP contribution in [0.1, 0.15) is 42.3 Å². The second-order valence-electron chi connectivity index (χ2n) is 4.31. The highest BCUT2D eigenvalue weighted by molar-refractivity contribution is 5.79. The Labute approximate surface area is 85.1 Å². The first-order valence-corrected chi connectivity index (χ1v) is 4.55. The normalized spacial score (nSPS) is 10.7. The Morgan fingerprint density at radius 2 is 2.00 bits per heavy atom. The van der Waals surface area contributed by atoms with E-state index in [0.29, 0.717) is 11.1 Å². The molecule has 0 fully saturated rings. The predicted octanol–water partition coefficient (Wildman–Crippen LogP) is 2.78. The number of benzene rings is 1. The van der Waals surface area contributed by atoms with Gasteiger partial charge in [0.05, 0.1) is 0 Å². The fourth-order valence-corrected chi connectivity index (χ4v) is 1.26. The fraction of sp³-hybridized carbons (Fsp3) is 0.308. The van der Waals surface area contributed by atoms with Gasteiger partial charge in [-0.3, -0.25) is 4.79 Å². The zero-order valence-corrected chi connectivity index (χ0v) is 8.79. The van der Waals surface area contributed by atoms with Gasteiger partial charge in [-0.25, -0.2) is 0 Å². The minimum absolute atomic E-state index is 0.0465. The molecule has 0 N–H and O–H groups in total. The summed E-state index contributed by atoms with van der Waals surface area (Å²) in [7, 11) is 0. The second-order valence-corrected chi connectivity index (χ2v) is 4.31. The summed E-state index contributed by atoms with van der Waals surface area (Å²) in [5, 5.41) is 0. The Morgan fingerprint density at radius 3 is 2.43 bits per heavy atom. The lowest BCUT2D eigenvalue weighted by molar-refractivity contribution is 0.112. The molecule has 0 aliphatic carbocycles. The molecule has 0 amide bonds. The lowest BCUT2D eigenvalue weighted by Crippen LogP contribution is -2.11. The molecule has 1 aromatic rings. The molecule has 0 heterocycles. The van der Waals surface area contributed by atoms with E-state index in [2.05, 4.69) is 26.7 Å². The Hall–Kier alpha value is -1.55. The van der Waals surface area contributed by atoms with Gasteiger partial charge in [-0.1, -0.05) is 32.8 Å². The van der Waals surface area contributed by atoms with Gasteiger partial charge >= 0.3 is 0 Å². The molecule has 0 aliphatic heterocycles. The van der Waals surface area contributed by atoms with Crippen LogP contribution in [0.2, 0.25) is 0 Å². The van der Waals surface area contributed by atoms with E-state index in [9.17, 15) is 4.79 Å². The fourth-order valence-electron chi connectivity index (χ4n) is 1.26. The summed E-state index contributed by atoms with van der Waals surface area (Å²) in [6, 6.07) is 5.66. The van der Waals surface area contributed by atoms with Gasteiger partial charge < -0.3 is 0 Å². The summed E-state index contributed by atoms with van der Waals surface area (Å²) in [5.41, 5.74) is 2.43. The summed E-state index contributed by atoms with van der Waals surface area (Å²) >= 11 is 0. The van der Waals surface area contributed by atoms with E-state index in [1.807, 2.05) is 18.2 Å². The summed E-state index contributed by atoms with van der Waals surface area (Å²) < 4.78 is 0. The largest absolute Gasteiger partial charge is 0.298 e. The Morgan fingerprint density at radius 1 is 1.36 bits per heavy atom. The van der Waals surface area contributed by atoms with E-state index in [1.165, 1.54) is 0 Å². The topological polar surface area (TPSA) is 17.1 Å². The number of rotatable bonds is 1. The quantitative estimate of drug-likeness (QED) is 0.487. The van der Waals surface area contributed by atoms with Gasteiger partial charge in [0.25, 0.3) is 0 Å². The van der Waals surface area contributed by atoms with Crippen LogP contribution in [0.4, 0.5) is 0 Å². The maximum absolute atomic E-state index is 10.8. The van der Waals surface area contributed by atoms with Crippen molar-refractivity contribution < 1.29 is 4.79 Å². The van der Waals surface area contributed by atoms with Gasteiger partial charge in [0.1, 0.15) is 0 Å². The number of hydrogen-bond acceptors (Lipinski definition) is 1. The molecule has 0 radical (unpaired) electrons. The van der Waals surface area contributed by atoms with Gasteiger partial charge in [0.2, 0.25) is 0 Å². The summed E-state index contributed by atoms with van der Waals surface area (Å²) in [4.78, 5) is 10.8. The second kappa shape index (κ2) is 3.67. The zero-order valence-electron chi connectivity index (χ0n) is 8.79. The van der Waals surface area contributed by atoms with E-state index >= 15 is 0 Å². The Bertz CT molecular complexity index is 389. The third-order valence-electron chi connectivity index (χ3n) is 2.20. The van der Waals surface area contributed by atoms with E-state index in [0.717, 1.165) is 11.8 Å². The Kier molecular flexibility index (Phi) is 2.76. The molecule has 0 bridgehead atoms. The smallest absolute Gasteiger partial charge is 0.151 e. The molecule has 0 aromatic heterocycles. The van der Waals surface area contributed by atoms with Crippen LogP contribution in [0, 0.1) is 12.3 Å². The van der Waals surface area contributed by atoms with E-state index < -0.39 is 0 Å². The molecule has 0 unspecified atom stereocenters. The van der Waals surface area contributed by atoms with Crippen molar-refractivity contribution in [2.75, 3.05) is 0 Å². The van der Waals surface area contributed by atoms with Gasteiger partial charge in [-0.05, 0) is 23.1 Å². The monoisotopic (exact) mass is 186 g/mol. The third-order valence-corrected chi connectivity index (χ3v) is 2.20. The maximum Gasteiger partial charge on any atom is 0.151 e. The molecule has 0 saturated heterocycles. The molecule has 72 valence electrons. The van der Waals surface area contributed by atoms with Gasteiger partial charge in [-0.15, -0.1) is 6.42 Å². The number of carbonyl (C=O) groups is 1. The average Bonchev–Trinajstić information content (AvgIpc) is 2.15. The zero-order chi connectivity index (χ0) is 10.8. The number of hydrogen-bond donors (Lipinski definition) is 0. The van der Waals surface area contributed by atoms with Crippen molar-refractivity contribution in [3.63, 3.8) is 0 Å². The molecule has 14 heavy (non-hydrogen) atoms. The van der Waals surface area contributed by atoms with Crippen molar-refractivity contribution in [1.82, 2.24) is 0 Å². The van der Waals surface area contributed by atoms with Crippen LogP contribution in [-0.2, 0) is 5.41 Å². The summed E-state index contributed by atoms with van der Waals surface area (Å²) in [5.74, 6) is 2.49. The van der Waals surface area contributed by atoms with Crippen molar-refractivity contribution in [2.24, 2.45) is 0 Å². The molecule has 0 saturated carbocycles. The van der Waals surface area contributed by atoms with Crippen LogP contribution in [-0.4, -0.2) is 6.29 Å². The van der Waals surface area contributed by atoms with Gasteiger partial charge in [0, 0.05) is 11.1 Å². The minimum Gasteiger partial charge on any atom is -0.298 e. The number of carbonyl (C=O) groups excluding carboxylic acids is 1. The number of terminal acetylenes is 1. The highest BCUT2D eigenvalue weighted by atomic mass is 16.1. The molecule has 0 spiro atoms. The van der Waals surface area contributed by atoms with Crippen molar-refractivity contribution in [3.8, 4) is 12.3 Å². The van der Waals surface area contributed by atoms with Crippen LogP contribution in [0.15, 0.2) is 18.2 Å². The number of aldehydes is 1. The first kappa shape index (κ1) is 10.5. The third kappa shape index (κ3) is 2.03. The summed E-state index contributed by atoms with van der Waals surface area (Å²) in [6.07, 6.45) is 6.09. The SMILES string of the molecule is C#Cc1ccc(C(C)(C)C)cc1C=O. The van der Waals surface area contributed by atoms with Crippen LogP contribution >= 0.6 is 0 Å². The minimum atomic E-state index is 0.0465. The first-order chi connectivity index (χ1) is 6.49. The molecule has 0 atom stereocenters. The highest BCUT2D eigenvalue weighted by Gasteiger charge is 2.14. The molecule has 1 aromatic carbocycles. The first-order valence-electron chi connectivity index (χ1n) is 4.55.